The molecule has 2 aromatic rings. The number of ether oxygens (including phenoxy) is 2. The number of aryl methyl sites for hydroxylation is 1. The van der Waals surface area contributed by atoms with Gasteiger partial charge in [0.05, 0.1) is 7.11 Å². The van der Waals surface area contributed by atoms with Crippen LogP contribution in [0.15, 0.2) is 48.5 Å². The van der Waals surface area contributed by atoms with E-state index in [0.29, 0.717) is 24.5 Å². The highest BCUT2D eigenvalue weighted by atomic mass is 16.5. The number of benzene rings is 2. The van der Waals surface area contributed by atoms with Crippen LogP contribution < -0.4 is 14.8 Å². The normalized spacial score (nSPS) is 11.4. The molecule has 0 radical (unpaired) electrons. The van der Waals surface area contributed by atoms with Crippen LogP contribution in [0.4, 0.5) is 0 Å². The second-order valence-corrected chi connectivity index (χ2v) is 6.52. The summed E-state index contributed by atoms with van der Waals surface area (Å²) in [5.41, 5.74) is 1.93. The maximum absolute atomic E-state index is 13.0. The first-order chi connectivity index (χ1) is 13.5. The van der Waals surface area contributed by atoms with Gasteiger partial charge in [0.2, 0.25) is 5.91 Å². The standard InChI is InChI=1S/C22H28N2O4/c1-5-20(22(26)23-3)24(14-17-9-7-10-18(13-17)27-4)21(25)15-28-19-11-6-8-16(2)12-19/h6-13,20H,5,14-15H2,1-4H3,(H,23,26)/t20-/m1/s1. The molecule has 0 fully saturated rings. The number of nitrogens with zero attached hydrogens (tertiary/aromatic N) is 1. The summed E-state index contributed by atoms with van der Waals surface area (Å²) in [6.45, 7) is 4.00. The van der Waals surface area contributed by atoms with Gasteiger partial charge in [-0.15, -0.1) is 0 Å². The average Bonchev–Trinajstić information content (AvgIpc) is 2.71. The Hall–Kier alpha value is -3.02. The molecule has 2 amide bonds. The minimum absolute atomic E-state index is 0.138. The molecule has 0 bridgehead atoms. The molecule has 0 aliphatic heterocycles. The van der Waals surface area contributed by atoms with E-state index in [2.05, 4.69) is 5.32 Å². The van der Waals surface area contributed by atoms with Crippen LogP contribution >= 0.6 is 0 Å². The molecule has 0 heterocycles. The molecule has 0 aromatic heterocycles. The summed E-state index contributed by atoms with van der Waals surface area (Å²) >= 11 is 0. The van der Waals surface area contributed by atoms with Crippen LogP contribution in [-0.2, 0) is 16.1 Å². The summed E-state index contributed by atoms with van der Waals surface area (Å²) in [4.78, 5) is 26.9. The van der Waals surface area contributed by atoms with E-state index in [0.717, 1.165) is 11.1 Å². The van der Waals surface area contributed by atoms with Gasteiger partial charge in [-0.25, -0.2) is 0 Å². The lowest BCUT2D eigenvalue weighted by Crippen LogP contribution is -2.49. The minimum Gasteiger partial charge on any atom is -0.497 e. The summed E-state index contributed by atoms with van der Waals surface area (Å²) in [5, 5.41) is 2.64. The Bertz CT molecular complexity index is 807. The summed E-state index contributed by atoms with van der Waals surface area (Å²) in [6, 6.07) is 14.4. The van der Waals surface area contributed by atoms with Crippen LogP contribution in [-0.4, -0.2) is 43.5 Å². The van der Waals surface area contributed by atoms with Crippen molar-refractivity contribution in [3.8, 4) is 11.5 Å². The van der Waals surface area contributed by atoms with Gasteiger partial charge >= 0.3 is 0 Å². The molecule has 0 unspecified atom stereocenters. The highest BCUT2D eigenvalue weighted by molar-refractivity contribution is 5.88. The van der Waals surface area contributed by atoms with Gasteiger partial charge in [-0.1, -0.05) is 31.2 Å². The Kier molecular flexibility index (Phi) is 7.87. The van der Waals surface area contributed by atoms with Gasteiger partial charge in [0.15, 0.2) is 6.61 Å². The van der Waals surface area contributed by atoms with Crippen molar-refractivity contribution in [3.63, 3.8) is 0 Å². The SMILES string of the molecule is CC[C@H](C(=O)NC)N(Cc1cccc(OC)c1)C(=O)COc1cccc(C)c1. The van der Waals surface area contributed by atoms with E-state index in [1.165, 1.54) is 0 Å². The Labute approximate surface area is 166 Å². The van der Waals surface area contributed by atoms with Crippen LogP contribution in [0.3, 0.4) is 0 Å². The maximum atomic E-state index is 13.0. The number of methoxy groups -OCH3 is 1. The third-order valence-electron chi connectivity index (χ3n) is 4.47. The van der Waals surface area contributed by atoms with Crippen molar-refractivity contribution in [1.82, 2.24) is 10.2 Å². The fourth-order valence-electron chi connectivity index (χ4n) is 2.99. The molecule has 2 aromatic carbocycles. The number of likely N-dealkylation sites (N-methyl/N-ethyl adjacent to an activating group) is 1. The van der Waals surface area contributed by atoms with Crippen LogP contribution in [0.1, 0.15) is 24.5 Å². The van der Waals surface area contributed by atoms with E-state index < -0.39 is 6.04 Å². The molecule has 6 nitrogen and oxygen atoms in total. The topological polar surface area (TPSA) is 67.9 Å². The van der Waals surface area contributed by atoms with Gasteiger partial charge in [0.25, 0.3) is 5.91 Å². The van der Waals surface area contributed by atoms with Crippen LogP contribution in [0, 0.1) is 6.92 Å². The average molecular weight is 384 g/mol. The van der Waals surface area contributed by atoms with Gasteiger partial charge in [0, 0.05) is 13.6 Å². The molecule has 0 saturated heterocycles. The number of hydrogen-bond acceptors (Lipinski definition) is 4. The zero-order chi connectivity index (χ0) is 20.5. The molecule has 1 atom stereocenters. The molecule has 1 N–H and O–H groups in total. The Morgan fingerprint density at radius 1 is 1.11 bits per heavy atom. The fourth-order valence-corrected chi connectivity index (χ4v) is 2.99. The third-order valence-corrected chi connectivity index (χ3v) is 4.47. The highest BCUT2D eigenvalue weighted by Crippen LogP contribution is 2.18. The molecular weight excluding hydrogens is 356 g/mol. The highest BCUT2D eigenvalue weighted by Gasteiger charge is 2.28. The maximum Gasteiger partial charge on any atom is 0.261 e. The van der Waals surface area contributed by atoms with Crippen LogP contribution in [0.5, 0.6) is 11.5 Å². The fraction of sp³-hybridized carbons (Fsp3) is 0.364. The number of carbonyl (C=O) groups is 2. The molecule has 0 aliphatic rings. The number of rotatable bonds is 9. The molecule has 0 aliphatic carbocycles. The largest absolute Gasteiger partial charge is 0.497 e. The molecule has 0 saturated carbocycles. The summed E-state index contributed by atoms with van der Waals surface area (Å²) in [5.74, 6) is 0.880. The lowest BCUT2D eigenvalue weighted by molar-refractivity contribution is -0.142. The number of carbonyl (C=O) groups excluding carboxylic acids is 2. The number of hydrogen-bond donors (Lipinski definition) is 1. The van der Waals surface area contributed by atoms with Crippen molar-refractivity contribution in [2.75, 3.05) is 20.8 Å². The Balaban J connectivity index is 2.20. The number of nitrogens with one attached hydrogen (secondary N) is 1. The van der Waals surface area contributed by atoms with Crippen molar-refractivity contribution in [1.29, 1.82) is 0 Å². The van der Waals surface area contributed by atoms with Crippen molar-refractivity contribution >= 4 is 11.8 Å². The van der Waals surface area contributed by atoms with Crippen molar-refractivity contribution in [2.45, 2.75) is 32.9 Å². The second-order valence-electron chi connectivity index (χ2n) is 6.52. The predicted molar refractivity (Wildman–Crippen MR) is 108 cm³/mol. The van der Waals surface area contributed by atoms with E-state index in [4.69, 9.17) is 9.47 Å². The van der Waals surface area contributed by atoms with E-state index in [1.807, 2.05) is 62.4 Å². The molecule has 6 heteroatoms. The zero-order valence-corrected chi connectivity index (χ0v) is 16.9. The van der Waals surface area contributed by atoms with E-state index in [-0.39, 0.29) is 18.4 Å². The summed E-state index contributed by atoms with van der Waals surface area (Å²) in [7, 11) is 3.17. The minimum atomic E-state index is -0.579. The van der Waals surface area contributed by atoms with Gasteiger partial charge in [-0.05, 0) is 48.7 Å². The predicted octanol–water partition coefficient (Wildman–Crippen LogP) is 2.94. The van der Waals surface area contributed by atoms with E-state index in [1.54, 1.807) is 19.1 Å². The summed E-state index contributed by atoms with van der Waals surface area (Å²) in [6.07, 6.45) is 0.500. The van der Waals surface area contributed by atoms with Crippen molar-refractivity contribution in [2.24, 2.45) is 0 Å². The lowest BCUT2D eigenvalue weighted by Gasteiger charge is -2.30. The number of amides is 2. The van der Waals surface area contributed by atoms with E-state index >= 15 is 0 Å². The van der Waals surface area contributed by atoms with Gasteiger partial charge in [-0.2, -0.15) is 0 Å². The summed E-state index contributed by atoms with van der Waals surface area (Å²) < 4.78 is 10.9. The quantitative estimate of drug-likeness (QED) is 0.722. The molecule has 2 rings (SSSR count). The van der Waals surface area contributed by atoms with Crippen molar-refractivity contribution in [3.05, 3.63) is 59.7 Å². The first-order valence-electron chi connectivity index (χ1n) is 9.32. The molecule has 0 spiro atoms. The first kappa shape index (κ1) is 21.3. The van der Waals surface area contributed by atoms with Gasteiger partial charge in [0.1, 0.15) is 17.5 Å². The Morgan fingerprint density at radius 3 is 2.46 bits per heavy atom. The second kappa shape index (κ2) is 10.3. The zero-order valence-electron chi connectivity index (χ0n) is 16.9. The monoisotopic (exact) mass is 384 g/mol. The van der Waals surface area contributed by atoms with Crippen molar-refractivity contribution < 1.29 is 19.1 Å². The first-order valence-corrected chi connectivity index (χ1v) is 9.32. The van der Waals surface area contributed by atoms with Gasteiger partial charge < -0.3 is 19.7 Å². The third kappa shape index (κ3) is 5.74. The molecule has 28 heavy (non-hydrogen) atoms. The molecule has 150 valence electrons. The lowest BCUT2D eigenvalue weighted by atomic mass is 10.1. The Morgan fingerprint density at radius 2 is 1.82 bits per heavy atom. The molecular formula is C22H28N2O4. The van der Waals surface area contributed by atoms with Gasteiger partial charge in [-0.3, -0.25) is 9.59 Å². The van der Waals surface area contributed by atoms with Crippen LogP contribution in [0.25, 0.3) is 0 Å². The smallest absolute Gasteiger partial charge is 0.261 e. The van der Waals surface area contributed by atoms with E-state index in [9.17, 15) is 9.59 Å². The van der Waals surface area contributed by atoms with Crippen LogP contribution in [0.2, 0.25) is 0 Å².